The van der Waals surface area contributed by atoms with Crippen molar-refractivity contribution in [3.05, 3.63) is 66.6 Å². The minimum absolute atomic E-state index is 0.110. The summed E-state index contributed by atoms with van der Waals surface area (Å²) in [7, 11) is 0. The van der Waals surface area contributed by atoms with E-state index in [1.54, 1.807) is 18.3 Å². The van der Waals surface area contributed by atoms with Crippen molar-refractivity contribution in [2.75, 3.05) is 36.8 Å². The number of hydrogen-bond donors (Lipinski definition) is 2. The molecule has 0 atom stereocenters. The predicted molar refractivity (Wildman–Crippen MR) is 128 cm³/mol. The van der Waals surface area contributed by atoms with Crippen LogP contribution in [-0.2, 0) is 0 Å². The van der Waals surface area contributed by atoms with E-state index in [0.717, 1.165) is 26.3 Å². The van der Waals surface area contributed by atoms with E-state index >= 15 is 0 Å². The van der Waals surface area contributed by atoms with E-state index in [2.05, 4.69) is 9.88 Å². The zero-order valence-electron chi connectivity index (χ0n) is 17.6. The fourth-order valence-corrected chi connectivity index (χ4v) is 4.92. The molecule has 4 aromatic rings. The number of carboxylic acid groups (broad SMARTS) is 1. The molecular weight excluding hydrogens is 443 g/mol. The molecule has 0 radical (unpaired) electrons. The molecule has 2 aromatic carbocycles. The highest BCUT2D eigenvalue weighted by atomic mass is 32.1. The van der Waals surface area contributed by atoms with Gasteiger partial charge in [-0.3, -0.25) is 4.98 Å². The summed E-state index contributed by atoms with van der Waals surface area (Å²) in [4.78, 5) is 20.2. The number of carbonyl (C=O) groups is 1. The number of ether oxygens (including phenoxy) is 1. The molecule has 0 saturated carbocycles. The van der Waals surface area contributed by atoms with Crippen LogP contribution in [0.4, 0.5) is 20.6 Å². The van der Waals surface area contributed by atoms with Crippen LogP contribution >= 0.6 is 11.3 Å². The summed E-state index contributed by atoms with van der Waals surface area (Å²) < 4.78 is 20.9. The lowest BCUT2D eigenvalue weighted by Gasteiger charge is -2.34. The molecule has 1 saturated heterocycles. The molecular formula is C24H21FN4O3S. The van der Waals surface area contributed by atoms with Gasteiger partial charge >= 0.3 is 6.09 Å². The van der Waals surface area contributed by atoms with Crippen LogP contribution in [0.15, 0.2) is 60.8 Å². The molecule has 0 bridgehead atoms. The molecule has 0 aliphatic carbocycles. The van der Waals surface area contributed by atoms with E-state index in [-0.39, 0.29) is 5.75 Å². The Bertz CT molecular complexity index is 1320. The van der Waals surface area contributed by atoms with E-state index < -0.39 is 11.9 Å². The molecule has 5 rings (SSSR count). The summed E-state index contributed by atoms with van der Waals surface area (Å²) >= 11 is 1.53. The average Bonchev–Trinajstić information content (AvgIpc) is 3.26. The molecule has 3 N–H and O–H groups in total. The minimum atomic E-state index is -0.870. The average molecular weight is 465 g/mol. The van der Waals surface area contributed by atoms with Crippen LogP contribution in [0.1, 0.15) is 0 Å². The SMILES string of the molecule is Nc1ccc(Oc2ccnc3cc(-c4ccc(N5CCN(C(=O)O)CC5)cc4)sc23)c(F)c1. The lowest BCUT2D eigenvalue weighted by molar-refractivity contribution is 0.142. The third-order valence-corrected chi connectivity index (χ3v) is 6.81. The molecule has 0 unspecified atom stereocenters. The number of nitrogens with two attached hydrogens (primary N) is 1. The van der Waals surface area contributed by atoms with Crippen molar-refractivity contribution in [2.45, 2.75) is 0 Å². The normalized spacial score (nSPS) is 14.0. The molecule has 3 heterocycles. The second kappa shape index (κ2) is 8.59. The van der Waals surface area contributed by atoms with Crippen LogP contribution in [0.5, 0.6) is 11.5 Å². The Labute approximate surface area is 193 Å². The van der Waals surface area contributed by atoms with Crippen LogP contribution in [0.3, 0.4) is 0 Å². The lowest BCUT2D eigenvalue weighted by Crippen LogP contribution is -2.48. The van der Waals surface area contributed by atoms with E-state index in [1.165, 1.54) is 28.4 Å². The summed E-state index contributed by atoms with van der Waals surface area (Å²) in [6, 6.07) is 16.2. The molecule has 2 aromatic heterocycles. The Balaban J connectivity index is 1.37. The van der Waals surface area contributed by atoms with Crippen molar-refractivity contribution in [1.29, 1.82) is 0 Å². The van der Waals surface area contributed by atoms with Gasteiger partial charge in [0.15, 0.2) is 11.6 Å². The second-order valence-electron chi connectivity index (χ2n) is 7.73. The third-order valence-electron chi connectivity index (χ3n) is 5.62. The number of fused-ring (bicyclic) bond motifs is 1. The molecule has 9 heteroatoms. The van der Waals surface area contributed by atoms with Crippen LogP contribution < -0.4 is 15.4 Å². The fourth-order valence-electron chi connectivity index (χ4n) is 3.85. The molecule has 1 amide bonds. The Morgan fingerprint density at radius 2 is 1.79 bits per heavy atom. The molecule has 33 heavy (non-hydrogen) atoms. The maximum Gasteiger partial charge on any atom is 0.407 e. The fraction of sp³-hybridized carbons (Fsp3) is 0.167. The molecule has 1 aliphatic heterocycles. The van der Waals surface area contributed by atoms with Gasteiger partial charge in [-0.15, -0.1) is 11.3 Å². The maximum atomic E-state index is 14.2. The zero-order valence-corrected chi connectivity index (χ0v) is 18.4. The first kappa shape index (κ1) is 21.0. The summed E-state index contributed by atoms with van der Waals surface area (Å²) in [5, 5.41) is 9.11. The number of amides is 1. The number of thiophene rings is 1. The summed E-state index contributed by atoms with van der Waals surface area (Å²) in [6.07, 6.45) is 0.773. The van der Waals surface area contributed by atoms with Gasteiger partial charge in [0, 0.05) is 60.8 Å². The monoisotopic (exact) mass is 464 g/mol. The summed E-state index contributed by atoms with van der Waals surface area (Å²) in [6.45, 7) is 2.33. The Hall–Kier alpha value is -3.85. The minimum Gasteiger partial charge on any atom is -0.465 e. The predicted octanol–water partition coefficient (Wildman–Crippen LogP) is 5.28. The van der Waals surface area contributed by atoms with Gasteiger partial charge in [0.05, 0.1) is 10.2 Å². The van der Waals surface area contributed by atoms with Gasteiger partial charge in [0.25, 0.3) is 0 Å². The highest BCUT2D eigenvalue weighted by Crippen LogP contribution is 2.40. The highest BCUT2D eigenvalue weighted by Gasteiger charge is 2.20. The summed E-state index contributed by atoms with van der Waals surface area (Å²) in [5.41, 5.74) is 8.84. The number of nitrogen functional groups attached to an aromatic ring is 1. The number of hydrogen-bond acceptors (Lipinski definition) is 6. The third kappa shape index (κ3) is 4.27. The van der Waals surface area contributed by atoms with E-state index in [4.69, 9.17) is 15.6 Å². The van der Waals surface area contributed by atoms with Crippen molar-refractivity contribution in [2.24, 2.45) is 0 Å². The van der Waals surface area contributed by atoms with Crippen molar-refractivity contribution < 1.29 is 19.0 Å². The highest BCUT2D eigenvalue weighted by molar-refractivity contribution is 7.22. The Kier molecular flexibility index (Phi) is 5.47. The molecule has 0 spiro atoms. The molecule has 7 nitrogen and oxygen atoms in total. The Morgan fingerprint density at radius 1 is 1.03 bits per heavy atom. The van der Waals surface area contributed by atoms with Crippen LogP contribution in [-0.4, -0.2) is 47.3 Å². The standard InChI is InChI=1S/C24H21FN4O3S/c25-18-13-16(26)3-6-20(18)32-21-7-8-27-19-14-22(33-23(19)21)15-1-4-17(5-2-15)28-9-11-29(12-10-28)24(30)31/h1-8,13-14H,9-12,26H2,(H,30,31). The molecule has 1 aliphatic rings. The molecule has 1 fully saturated rings. The summed E-state index contributed by atoms with van der Waals surface area (Å²) in [5.74, 6) is 0.128. The Morgan fingerprint density at radius 3 is 2.48 bits per heavy atom. The van der Waals surface area contributed by atoms with Crippen molar-refractivity contribution in [1.82, 2.24) is 9.88 Å². The number of benzene rings is 2. The van der Waals surface area contributed by atoms with E-state index in [0.29, 0.717) is 37.6 Å². The molecule has 168 valence electrons. The van der Waals surface area contributed by atoms with Gasteiger partial charge in [-0.25, -0.2) is 9.18 Å². The topological polar surface area (TPSA) is 91.9 Å². The van der Waals surface area contributed by atoms with Crippen LogP contribution in [0.2, 0.25) is 0 Å². The van der Waals surface area contributed by atoms with Crippen molar-refractivity contribution >= 4 is 39.0 Å². The number of pyridine rings is 1. The van der Waals surface area contributed by atoms with Crippen LogP contribution in [0.25, 0.3) is 20.7 Å². The van der Waals surface area contributed by atoms with Crippen molar-refractivity contribution in [3.8, 4) is 21.9 Å². The first-order valence-electron chi connectivity index (χ1n) is 10.4. The first-order chi connectivity index (χ1) is 16.0. The quantitative estimate of drug-likeness (QED) is 0.400. The smallest absolute Gasteiger partial charge is 0.407 e. The number of piperazine rings is 1. The number of rotatable bonds is 4. The number of anilines is 2. The second-order valence-corrected chi connectivity index (χ2v) is 8.78. The lowest BCUT2D eigenvalue weighted by atomic mass is 10.1. The first-order valence-corrected chi connectivity index (χ1v) is 11.2. The zero-order chi connectivity index (χ0) is 22.9. The van der Waals surface area contributed by atoms with E-state index in [9.17, 15) is 9.18 Å². The van der Waals surface area contributed by atoms with Gasteiger partial charge in [-0.1, -0.05) is 12.1 Å². The van der Waals surface area contributed by atoms with Crippen molar-refractivity contribution in [3.63, 3.8) is 0 Å². The van der Waals surface area contributed by atoms with Gasteiger partial charge < -0.3 is 25.4 Å². The van der Waals surface area contributed by atoms with Gasteiger partial charge in [0.1, 0.15) is 5.75 Å². The van der Waals surface area contributed by atoms with Gasteiger partial charge in [-0.2, -0.15) is 0 Å². The largest absolute Gasteiger partial charge is 0.465 e. The maximum absolute atomic E-state index is 14.2. The van der Waals surface area contributed by atoms with Crippen LogP contribution in [0, 0.1) is 5.82 Å². The number of halogens is 1. The van der Waals surface area contributed by atoms with Gasteiger partial charge in [0.2, 0.25) is 0 Å². The van der Waals surface area contributed by atoms with E-state index in [1.807, 2.05) is 30.3 Å². The van der Waals surface area contributed by atoms with Gasteiger partial charge in [-0.05, 0) is 35.9 Å². The number of aromatic nitrogens is 1. The number of nitrogens with zero attached hydrogens (tertiary/aromatic N) is 3.